The van der Waals surface area contributed by atoms with Crippen molar-refractivity contribution in [2.24, 2.45) is 0 Å². The monoisotopic (exact) mass is 343 g/mol. The third-order valence-electron chi connectivity index (χ3n) is 4.94. The second-order valence-corrected chi connectivity index (χ2v) is 7.53. The summed E-state index contributed by atoms with van der Waals surface area (Å²) in [6, 6.07) is 9.10. The number of benzene rings is 1. The fourth-order valence-electron chi connectivity index (χ4n) is 3.74. The minimum absolute atomic E-state index is 0.0587. The Balaban J connectivity index is 1.53. The highest BCUT2D eigenvalue weighted by Gasteiger charge is 2.40. The first kappa shape index (κ1) is 15.6. The smallest absolute Gasteiger partial charge is 0.280 e. The van der Waals surface area contributed by atoms with E-state index in [2.05, 4.69) is 15.6 Å². The van der Waals surface area contributed by atoms with E-state index in [1.165, 1.54) is 17.8 Å². The number of hydrogen-bond acceptors (Lipinski definition) is 5. The van der Waals surface area contributed by atoms with Crippen molar-refractivity contribution in [3.8, 4) is 16.2 Å². The van der Waals surface area contributed by atoms with Crippen LogP contribution in [0.5, 0.6) is 5.75 Å². The number of aryl methyl sites for hydroxylation is 1. The van der Waals surface area contributed by atoms with Crippen LogP contribution < -0.4 is 15.4 Å². The molecule has 3 atom stereocenters. The number of fused-ring (bicyclic) bond motifs is 2. The molecule has 0 radical (unpaired) electrons. The summed E-state index contributed by atoms with van der Waals surface area (Å²) in [5, 5.41) is 7.24. The van der Waals surface area contributed by atoms with Crippen molar-refractivity contribution in [2.75, 3.05) is 7.11 Å². The summed E-state index contributed by atoms with van der Waals surface area (Å²) in [5.41, 5.74) is 1.91. The summed E-state index contributed by atoms with van der Waals surface area (Å²) < 4.78 is 5.29. The van der Waals surface area contributed by atoms with Crippen LogP contribution in [0, 0.1) is 6.92 Å². The standard InChI is InChI=1S/C18H21N3O2S/c1-10-16(11-4-3-5-13(8-11)23-2)24-18(19-10)17(22)21-15-9-12-6-7-14(15)20-12/h3-5,8,12,14-15,20H,6-7,9H2,1-2H3,(H,21,22)/t12-,14+,15-/m1/s1. The minimum Gasteiger partial charge on any atom is -0.497 e. The average Bonchev–Trinajstić information content (AvgIpc) is 3.30. The third kappa shape index (κ3) is 2.80. The lowest BCUT2D eigenvalue weighted by molar-refractivity contribution is 0.0930. The van der Waals surface area contributed by atoms with E-state index >= 15 is 0 Å². The molecule has 2 fully saturated rings. The molecule has 0 spiro atoms. The van der Waals surface area contributed by atoms with Gasteiger partial charge in [-0.1, -0.05) is 12.1 Å². The molecule has 6 heteroatoms. The molecule has 2 bridgehead atoms. The number of thiazole rings is 1. The van der Waals surface area contributed by atoms with Crippen molar-refractivity contribution >= 4 is 17.2 Å². The maximum absolute atomic E-state index is 12.6. The van der Waals surface area contributed by atoms with Crippen LogP contribution in [0.2, 0.25) is 0 Å². The molecule has 5 nitrogen and oxygen atoms in total. The van der Waals surface area contributed by atoms with Gasteiger partial charge in [-0.15, -0.1) is 11.3 Å². The Kier molecular flexibility index (Phi) is 4.02. The van der Waals surface area contributed by atoms with E-state index in [0.29, 0.717) is 17.1 Å². The molecule has 1 amide bonds. The number of carbonyl (C=O) groups is 1. The van der Waals surface area contributed by atoms with E-state index in [1.54, 1.807) is 7.11 Å². The van der Waals surface area contributed by atoms with Gasteiger partial charge in [0.1, 0.15) is 5.75 Å². The summed E-state index contributed by atoms with van der Waals surface area (Å²) in [7, 11) is 1.65. The number of nitrogens with one attached hydrogen (secondary N) is 2. The molecular formula is C18H21N3O2S. The molecule has 2 aromatic rings. The van der Waals surface area contributed by atoms with Gasteiger partial charge in [-0.2, -0.15) is 0 Å². The molecule has 2 aliphatic rings. The van der Waals surface area contributed by atoms with E-state index < -0.39 is 0 Å². The van der Waals surface area contributed by atoms with Crippen molar-refractivity contribution in [2.45, 2.75) is 44.3 Å². The molecular weight excluding hydrogens is 322 g/mol. The summed E-state index contributed by atoms with van der Waals surface area (Å²) >= 11 is 1.44. The van der Waals surface area contributed by atoms with Gasteiger partial charge >= 0.3 is 0 Å². The first-order valence-corrected chi connectivity index (χ1v) is 9.14. The molecule has 126 valence electrons. The van der Waals surface area contributed by atoms with Gasteiger partial charge in [0.25, 0.3) is 5.91 Å². The fourth-order valence-corrected chi connectivity index (χ4v) is 4.71. The molecule has 2 aliphatic heterocycles. The van der Waals surface area contributed by atoms with Crippen LogP contribution in [0.3, 0.4) is 0 Å². The van der Waals surface area contributed by atoms with Crippen molar-refractivity contribution in [3.63, 3.8) is 0 Å². The number of amides is 1. The zero-order chi connectivity index (χ0) is 16.7. The Labute approximate surface area is 145 Å². The lowest BCUT2D eigenvalue weighted by Gasteiger charge is -2.20. The van der Waals surface area contributed by atoms with Gasteiger partial charge in [0.15, 0.2) is 5.01 Å². The molecule has 2 N–H and O–H groups in total. The molecule has 3 heterocycles. The van der Waals surface area contributed by atoms with Crippen LogP contribution in [0.4, 0.5) is 0 Å². The zero-order valence-electron chi connectivity index (χ0n) is 13.8. The van der Waals surface area contributed by atoms with Crippen LogP contribution in [-0.4, -0.2) is 36.1 Å². The number of ether oxygens (including phenoxy) is 1. The second-order valence-electron chi connectivity index (χ2n) is 6.53. The number of methoxy groups -OCH3 is 1. The van der Waals surface area contributed by atoms with Crippen LogP contribution in [0.1, 0.15) is 34.8 Å². The average molecular weight is 343 g/mol. The number of nitrogens with zero attached hydrogens (tertiary/aromatic N) is 1. The van der Waals surface area contributed by atoms with Gasteiger partial charge in [-0.3, -0.25) is 4.79 Å². The molecule has 0 aliphatic carbocycles. The molecule has 2 saturated heterocycles. The van der Waals surface area contributed by atoms with Crippen molar-refractivity contribution in [1.29, 1.82) is 0 Å². The van der Waals surface area contributed by atoms with Crippen LogP contribution in [-0.2, 0) is 0 Å². The second kappa shape index (κ2) is 6.18. The maximum Gasteiger partial charge on any atom is 0.280 e. The van der Waals surface area contributed by atoms with E-state index in [1.807, 2.05) is 31.2 Å². The van der Waals surface area contributed by atoms with Crippen LogP contribution >= 0.6 is 11.3 Å². The number of carbonyl (C=O) groups excluding carboxylic acids is 1. The van der Waals surface area contributed by atoms with Gasteiger partial charge < -0.3 is 15.4 Å². The quantitative estimate of drug-likeness (QED) is 0.896. The fraction of sp³-hybridized carbons (Fsp3) is 0.444. The molecule has 0 unspecified atom stereocenters. The predicted octanol–water partition coefficient (Wildman–Crippen LogP) is 2.75. The lowest BCUT2D eigenvalue weighted by atomic mass is 9.95. The third-order valence-corrected chi connectivity index (χ3v) is 6.14. The van der Waals surface area contributed by atoms with Gasteiger partial charge in [0.2, 0.25) is 0 Å². The molecule has 1 aromatic heterocycles. The Morgan fingerprint density at radius 3 is 3.00 bits per heavy atom. The number of aromatic nitrogens is 1. The van der Waals surface area contributed by atoms with Gasteiger partial charge in [0.05, 0.1) is 17.7 Å². The molecule has 4 rings (SSSR count). The van der Waals surface area contributed by atoms with E-state index in [0.717, 1.165) is 34.7 Å². The first-order chi connectivity index (χ1) is 11.6. The van der Waals surface area contributed by atoms with Gasteiger partial charge in [0, 0.05) is 18.1 Å². The lowest BCUT2D eigenvalue weighted by Crippen LogP contribution is -2.42. The normalized spacial score (nSPS) is 25.0. The topological polar surface area (TPSA) is 63.2 Å². The highest BCUT2D eigenvalue weighted by Crippen LogP contribution is 2.33. The number of rotatable bonds is 4. The Morgan fingerprint density at radius 1 is 1.42 bits per heavy atom. The van der Waals surface area contributed by atoms with Crippen LogP contribution in [0.15, 0.2) is 24.3 Å². The predicted molar refractivity (Wildman–Crippen MR) is 94.7 cm³/mol. The minimum atomic E-state index is -0.0587. The first-order valence-electron chi connectivity index (χ1n) is 8.33. The zero-order valence-corrected chi connectivity index (χ0v) is 14.7. The summed E-state index contributed by atoms with van der Waals surface area (Å²) in [6.07, 6.45) is 3.42. The Bertz CT molecular complexity index is 773. The van der Waals surface area contributed by atoms with Crippen LogP contribution in [0.25, 0.3) is 10.4 Å². The largest absolute Gasteiger partial charge is 0.497 e. The Morgan fingerprint density at radius 2 is 2.29 bits per heavy atom. The molecule has 1 aromatic carbocycles. The van der Waals surface area contributed by atoms with E-state index in [4.69, 9.17) is 4.74 Å². The molecule has 0 saturated carbocycles. The van der Waals surface area contributed by atoms with Gasteiger partial charge in [-0.25, -0.2) is 4.98 Å². The van der Waals surface area contributed by atoms with E-state index in [-0.39, 0.29) is 11.9 Å². The highest BCUT2D eigenvalue weighted by atomic mass is 32.1. The van der Waals surface area contributed by atoms with Gasteiger partial charge in [-0.05, 0) is 43.9 Å². The summed E-state index contributed by atoms with van der Waals surface area (Å²) in [4.78, 5) is 18.1. The Hall–Kier alpha value is -1.92. The maximum atomic E-state index is 12.6. The number of hydrogen-bond donors (Lipinski definition) is 2. The molecule has 24 heavy (non-hydrogen) atoms. The van der Waals surface area contributed by atoms with Crippen molar-refractivity contribution in [1.82, 2.24) is 15.6 Å². The summed E-state index contributed by atoms with van der Waals surface area (Å²) in [5.74, 6) is 0.746. The van der Waals surface area contributed by atoms with E-state index in [9.17, 15) is 4.79 Å². The summed E-state index contributed by atoms with van der Waals surface area (Å²) in [6.45, 7) is 1.95. The highest BCUT2D eigenvalue weighted by molar-refractivity contribution is 7.17. The SMILES string of the molecule is COc1cccc(-c2sc(C(=O)N[C@@H]3C[C@H]4CC[C@@H]3N4)nc2C)c1. The van der Waals surface area contributed by atoms with Crippen molar-refractivity contribution in [3.05, 3.63) is 35.0 Å². The van der Waals surface area contributed by atoms with Crippen molar-refractivity contribution < 1.29 is 9.53 Å².